The number of nitrogens with two attached hydrogens (primary N) is 1. The van der Waals surface area contributed by atoms with Gasteiger partial charge >= 0.3 is 0 Å². The Bertz CT molecular complexity index is 913. The van der Waals surface area contributed by atoms with Gasteiger partial charge in [-0.05, 0) is 42.7 Å². The minimum atomic E-state index is 0.0381. The minimum Gasteiger partial charge on any atom is -0.507 e. The second-order valence-electron chi connectivity index (χ2n) is 6.84. The van der Waals surface area contributed by atoms with Gasteiger partial charge < -0.3 is 16.2 Å². The number of anilines is 1. The van der Waals surface area contributed by atoms with Gasteiger partial charge in [0.1, 0.15) is 11.6 Å². The molecule has 0 amide bonds. The molecule has 0 aliphatic heterocycles. The molecular weight excluding hydrogens is 348 g/mol. The Labute approximate surface area is 158 Å². The van der Waals surface area contributed by atoms with Crippen molar-refractivity contribution in [3.63, 3.8) is 0 Å². The molecule has 0 unspecified atom stereocenters. The molecule has 6 heteroatoms. The van der Waals surface area contributed by atoms with Crippen molar-refractivity contribution in [2.45, 2.75) is 26.3 Å². The van der Waals surface area contributed by atoms with Crippen molar-refractivity contribution >= 4 is 28.3 Å². The zero-order valence-corrected chi connectivity index (χ0v) is 15.7. The van der Waals surface area contributed by atoms with Gasteiger partial charge in [0.2, 0.25) is 0 Å². The van der Waals surface area contributed by atoms with Gasteiger partial charge in [-0.25, -0.2) is 9.97 Å². The van der Waals surface area contributed by atoms with E-state index in [2.05, 4.69) is 29.1 Å². The molecule has 5 nitrogen and oxygen atoms in total. The number of para-hydroxylation sites is 1. The SMILES string of the molecule is CC(C)C[C@H](N)CNc1nc(-c2ccc(Cl)cc2O)nc2ccccc12. The fourth-order valence-corrected chi connectivity index (χ4v) is 3.11. The van der Waals surface area contributed by atoms with Crippen molar-refractivity contribution in [1.29, 1.82) is 0 Å². The molecular formula is C20H23ClN4O. The maximum atomic E-state index is 10.2. The van der Waals surface area contributed by atoms with Gasteiger partial charge in [-0.1, -0.05) is 37.6 Å². The molecule has 1 atom stereocenters. The van der Waals surface area contributed by atoms with E-state index in [4.69, 9.17) is 17.3 Å². The number of hydrogen-bond donors (Lipinski definition) is 3. The molecule has 136 valence electrons. The molecule has 0 aliphatic rings. The highest BCUT2D eigenvalue weighted by Gasteiger charge is 2.13. The number of hydrogen-bond acceptors (Lipinski definition) is 5. The largest absolute Gasteiger partial charge is 0.507 e. The molecule has 1 heterocycles. The van der Waals surface area contributed by atoms with Gasteiger partial charge in [0.15, 0.2) is 5.82 Å². The summed E-state index contributed by atoms with van der Waals surface area (Å²) in [6.45, 7) is 4.92. The van der Waals surface area contributed by atoms with Crippen LogP contribution in [0.1, 0.15) is 20.3 Å². The number of benzene rings is 2. The monoisotopic (exact) mass is 370 g/mol. The molecule has 0 bridgehead atoms. The molecule has 0 aliphatic carbocycles. The van der Waals surface area contributed by atoms with Crippen LogP contribution in [0.2, 0.25) is 5.02 Å². The highest BCUT2D eigenvalue weighted by atomic mass is 35.5. The molecule has 1 aromatic heterocycles. The topological polar surface area (TPSA) is 84.1 Å². The quantitative estimate of drug-likeness (QED) is 0.597. The molecule has 0 radical (unpaired) electrons. The Morgan fingerprint density at radius 2 is 1.92 bits per heavy atom. The Morgan fingerprint density at radius 3 is 2.65 bits per heavy atom. The van der Waals surface area contributed by atoms with Crippen LogP contribution in [0.15, 0.2) is 42.5 Å². The molecule has 26 heavy (non-hydrogen) atoms. The number of nitrogens with one attached hydrogen (secondary N) is 1. The summed E-state index contributed by atoms with van der Waals surface area (Å²) in [5.41, 5.74) is 7.53. The number of rotatable bonds is 6. The van der Waals surface area contributed by atoms with Crippen molar-refractivity contribution in [2.75, 3.05) is 11.9 Å². The highest BCUT2D eigenvalue weighted by molar-refractivity contribution is 6.30. The van der Waals surface area contributed by atoms with Crippen molar-refractivity contribution in [3.8, 4) is 17.1 Å². The third-order valence-corrected chi connectivity index (χ3v) is 4.34. The van der Waals surface area contributed by atoms with E-state index >= 15 is 0 Å². The first-order valence-corrected chi connectivity index (χ1v) is 9.07. The maximum Gasteiger partial charge on any atom is 0.165 e. The van der Waals surface area contributed by atoms with Crippen molar-refractivity contribution in [3.05, 3.63) is 47.5 Å². The van der Waals surface area contributed by atoms with Crippen LogP contribution in [0.3, 0.4) is 0 Å². The normalized spacial score (nSPS) is 12.5. The van der Waals surface area contributed by atoms with Crippen molar-refractivity contribution < 1.29 is 5.11 Å². The molecule has 0 fully saturated rings. The number of nitrogens with zero attached hydrogens (tertiary/aromatic N) is 2. The summed E-state index contributed by atoms with van der Waals surface area (Å²) in [7, 11) is 0. The van der Waals surface area contributed by atoms with Crippen molar-refractivity contribution in [1.82, 2.24) is 9.97 Å². The number of fused-ring (bicyclic) bond motifs is 1. The molecule has 0 spiro atoms. The molecule has 3 rings (SSSR count). The highest BCUT2D eigenvalue weighted by Crippen LogP contribution is 2.32. The molecule has 0 saturated carbocycles. The van der Waals surface area contributed by atoms with Crippen LogP contribution >= 0.6 is 11.6 Å². The predicted octanol–water partition coefficient (Wildman–Crippen LogP) is 4.44. The summed E-state index contributed by atoms with van der Waals surface area (Å²) in [4.78, 5) is 9.22. The number of phenols is 1. The molecule has 3 aromatic rings. The van der Waals surface area contributed by atoms with E-state index in [1.54, 1.807) is 12.1 Å². The second-order valence-corrected chi connectivity index (χ2v) is 7.28. The van der Waals surface area contributed by atoms with Gasteiger partial charge in [-0.2, -0.15) is 0 Å². The third-order valence-electron chi connectivity index (χ3n) is 4.11. The van der Waals surface area contributed by atoms with E-state index in [1.165, 1.54) is 6.07 Å². The first kappa shape index (κ1) is 18.4. The third kappa shape index (κ3) is 4.23. The lowest BCUT2D eigenvalue weighted by Gasteiger charge is -2.17. The van der Waals surface area contributed by atoms with Crippen LogP contribution in [0.5, 0.6) is 5.75 Å². The lowest BCUT2D eigenvalue weighted by atomic mass is 10.0. The first-order chi connectivity index (χ1) is 12.4. The predicted molar refractivity (Wildman–Crippen MR) is 108 cm³/mol. The Morgan fingerprint density at radius 1 is 1.15 bits per heavy atom. The minimum absolute atomic E-state index is 0.0381. The van der Waals surface area contributed by atoms with E-state index < -0.39 is 0 Å². The lowest BCUT2D eigenvalue weighted by molar-refractivity contribution is 0.477. The number of aromatic hydroxyl groups is 1. The number of halogens is 1. The number of phenolic OH excluding ortho intramolecular Hbond substituents is 1. The van der Waals surface area contributed by atoms with E-state index in [0.717, 1.165) is 17.3 Å². The van der Waals surface area contributed by atoms with E-state index in [9.17, 15) is 5.11 Å². The molecule has 2 aromatic carbocycles. The standard InChI is InChI=1S/C20H23ClN4O/c1-12(2)9-14(22)11-23-19-15-5-3-4-6-17(15)24-20(25-19)16-8-7-13(21)10-18(16)26/h3-8,10,12,14,26H,9,11,22H2,1-2H3,(H,23,24,25)/t14-/m0/s1. The summed E-state index contributed by atoms with van der Waals surface area (Å²) in [5, 5.41) is 15.0. The Hall–Kier alpha value is -2.37. The van der Waals surface area contributed by atoms with Crippen LogP contribution in [0.25, 0.3) is 22.3 Å². The maximum absolute atomic E-state index is 10.2. The second kappa shape index (κ2) is 7.89. The van der Waals surface area contributed by atoms with Gasteiger partial charge in [0, 0.05) is 23.0 Å². The van der Waals surface area contributed by atoms with Gasteiger partial charge in [-0.3, -0.25) is 0 Å². The zero-order chi connectivity index (χ0) is 18.7. The molecule has 4 N–H and O–H groups in total. The van der Waals surface area contributed by atoms with Gasteiger partial charge in [0.05, 0.1) is 11.1 Å². The van der Waals surface area contributed by atoms with Crippen LogP contribution in [-0.4, -0.2) is 27.7 Å². The fraction of sp³-hybridized carbons (Fsp3) is 0.300. The summed E-state index contributed by atoms with van der Waals surface area (Å²) in [6, 6.07) is 12.7. The Kier molecular flexibility index (Phi) is 5.59. The Balaban J connectivity index is 1.98. The number of aromatic nitrogens is 2. The summed E-state index contributed by atoms with van der Waals surface area (Å²) >= 11 is 5.93. The van der Waals surface area contributed by atoms with Crippen molar-refractivity contribution in [2.24, 2.45) is 11.7 Å². The van der Waals surface area contributed by atoms with Gasteiger partial charge in [0.25, 0.3) is 0 Å². The first-order valence-electron chi connectivity index (χ1n) is 8.69. The zero-order valence-electron chi connectivity index (χ0n) is 14.9. The average Bonchev–Trinajstić information content (AvgIpc) is 2.59. The summed E-state index contributed by atoms with van der Waals surface area (Å²) in [5.74, 6) is 1.74. The van der Waals surface area contributed by atoms with Crippen LogP contribution in [0.4, 0.5) is 5.82 Å². The van der Waals surface area contributed by atoms with Crippen LogP contribution < -0.4 is 11.1 Å². The van der Waals surface area contributed by atoms with Crippen LogP contribution in [0, 0.1) is 5.92 Å². The smallest absolute Gasteiger partial charge is 0.165 e. The van der Waals surface area contributed by atoms with Gasteiger partial charge in [-0.15, -0.1) is 0 Å². The van der Waals surface area contributed by atoms with E-state index in [1.807, 2.05) is 24.3 Å². The fourth-order valence-electron chi connectivity index (χ4n) is 2.94. The van der Waals surface area contributed by atoms with Crippen LogP contribution in [-0.2, 0) is 0 Å². The summed E-state index contributed by atoms with van der Waals surface area (Å²) in [6.07, 6.45) is 0.931. The lowest BCUT2D eigenvalue weighted by Crippen LogP contribution is -2.30. The van der Waals surface area contributed by atoms with E-state index in [-0.39, 0.29) is 11.8 Å². The molecule has 0 saturated heterocycles. The average molecular weight is 371 g/mol. The summed E-state index contributed by atoms with van der Waals surface area (Å²) < 4.78 is 0. The van der Waals surface area contributed by atoms with E-state index in [0.29, 0.717) is 34.7 Å².